The molecule has 2 heterocycles. The highest BCUT2D eigenvalue weighted by Crippen LogP contribution is 2.23. The number of likely N-dealkylation sites (tertiary alicyclic amines) is 1. The molecule has 0 bridgehead atoms. The van der Waals surface area contributed by atoms with E-state index >= 15 is 0 Å². The molecule has 0 saturated carbocycles. The Kier molecular flexibility index (Phi) is 4.37. The van der Waals surface area contributed by atoms with E-state index in [1.165, 1.54) is 19.3 Å². The molecule has 1 aliphatic heterocycles. The zero-order chi connectivity index (χ0) is 12.3. The first-order valence-electron chi connectivity index (χ1n) is 6.27. The number of nitrogens with zero attached hydrogens (tertiary/aromatic N) is 2. The largest absolute Gasteiger partial charge is 0.327 e. The molecule has 94 valence electrons. The standard InChI is InChI=1S/C13H20ClN3/c1-10(15)12-6-2-3-8-17(12)9-11-5-4-7-16-13(11)14/h4-5,7,10,12H,2-3,6,8-9,15H2,1H3. The average Bonchev–Trinajstić information content (AvgIpc) is 2.32. The normalized spacial score (nSPS) is 23.6. The molecule has 1 fully saturated rings. The first kappa shape index (κ1) is 12.8. The van der Waals surface area contributed by atoms with Crippen molar-refractivity contribution in [2.75, 3.05) is 6.54 Å². The maximum atomic E-state index is 6.10. The van der Waals surface area contributed by atoms with Crippen molar-refractivity contribution >= 4 is 11.6 Å². The number of pyridine rings is 1. The third kappa shape index (κ3) is 3.18. The van der Waals surface area contributed by atoms with Crippen LogP contribution in [0.3, 0.4) is 0 Å². The van der Waals surface area contributed by atoms with Crippen LogP contribution >= 0.6 is 11.6 Å². The zero-order valence-corrected chi connectivity index (χ0v) is 11.0. The number of aromatic nitrogens is 1. The van der Waals surface area contributed by atoms with E-state index in [1.807, 2.05) is 12.1 Å². The van der Waals surface area contributed by atoms with Gasteiger partial charge in [0.15, 0.2) is 0 Å². The Balaban J connectivity index is 2.08. The van der Waals surface area contributed by atoms with Crippen LogP contribution in [0.2, 0.25) is 5.15 Å². The quantitative estimate of drug-likeness (QED) is 0.842. The summed E-state index contributed by atoms with van der Waals surface area (Å²) < 4.78 is 0. The van der Waals surface area contributed by atoms with Crippen molar-refractivity contribution in [1.29, 1.82) is 0 Å². The molecule has 0 spiro atoms. The molecular formula is C13H20ClN3. The molecule has 1 aromatic rings. The minimum atomic E-state index is 0.214. The highest BCUT2D eigenvalue weighted by molar-refractivity contribution is 6.30. The second kappa shape index (κ2) is 5.80. The number of piperidine rings is 1. The molecule has 0 amide bonds. The Hall–Kier alpha value is -0.640. The Morgan fingerprint density at radius 3 is 3.12 bits per heavy atom. The predicted octanol–water partition coefficient (Wildman–Crippen LogP) is 2.44. The molecule has 2 atom stereocenters. The van der Waals surface area contributed by atoms with E-state index in [-0.39, 0.29) is 6.04 Å². The summed E-state index contributed by atoms with van der Waals surface area (Å²) >= 11 is 6.10. The van der Waals surface area contributed by atoms with Gasteiger partial charge in [0, 0.05) is 30.4 Å². The number of hydrogen-bond donors (Lipinski definition) is 1. The van der Waals surface area contributed by atoms with E-state index in [9.17, 15) is 0 Å². The third-order valence-corrected chi connectivity index (χ3v) is 3.82. The molecule has 0 radical (unpaired) electrons. The lowest BCUT2D eigenvalue weighted by Gasteiger charge is -2.38. The molecule has 4 heteroatoms. The van der Waals surface area contributed by atoms with Crippen molar-refractivity contribution in [2.45, 2.75) is 44.8 Å². The van der Waals surface area contributed by atoms with E-state index in [0.29, 0.717) is 11.2 Å². The van der Waals surface area contributed by atoms with Crippen molar-refractivity contribution in [1.82, 2.24) is 9.88 Å². The summed E-state index contributed by atoms with van der Waals surface area (Å²) in [5.74, 6) is 0. The lowest BCUT2D eigenvalue weighted by molar-refractivity contribution is 0.123. The van der Waals surface area contributed by atoms with E-state index in [2.05, 4.69) is 16.8 Å². The average molecular weight is 254 g/mol. The van der Waals surface area contributed by atoms with Gasteiger partial charge in [-0.2, -0.15) is 0 Å². The van der Waals surface area contributed by atoms with Gasteiger partial charge in [-0.15, -0.1) is 0 Å². The highest BCUT2D eigenvalue weighted by atomic mass is 35.5. The van der Waals surface area contributed by atoms with Crippen LogP contribution in [0.5, 0.6) is 0 Å². The van der Waals surface area contributed by atoms with Gasteiger partial charge in [0.2, 0.25) is 0 Å². The highest BCUT2D eigenvalue weighted by Gasteiger charge is 2.25. The molecule has 1 aromatic heterocycles. The molecule has 2 rings (SSSR count). The summed E-state index contributed by atoms with van der Waals surface area (Å²) in [6, 6.07) is 4.67. The van der Waals surface area contributed by atoms with Gasteiger partial charge in [-0.25, -0.2) is 4.98 Å². The van der Waals surface area contributed by atoms with Gasteiger partial charge in [0.1, 0.15) is 5.15 Å². The van der Waals surface area contributed by atoms with Crippen LogP contribution in [-0.4, -0.2) is 28.5 Å². The summed E-state index contributed by atoms with van der Waals surface area (Å²) in [5, 5.41) is 0.612. The second-order valence-electron chi connectivity index (χ2n) is 4.85. The van der Waals surface area contributed by atoms with Gasteiger partial charge < -0.3 is 5.73 Å². The second-order valence-corrected chi connectivity index (χ2v) is 5.20. The fourth-order valence-electron chi connectivity index (χ4n) is 2.56. The monoisotopic (exact) mass is 253 g/mol. The molecule has 2 N–H and O–H groups in total. The fraction of sp³-hybridized carbons (Fsp3) is 0.615. The third-order valence-electron chi connectivity index (χ3n) is 3.48. The predicted molar refractivity (Wildman–Crippen MR) is 70.9 cm³/mol. The van der Waals surface area contributed by atoms with Gasteiger partial charge >= 0.3 is 0 Å². The molecule has 3 nitrogen and oxygen atoms in total. The van der Waals surface area contributed by atoms with Gasteiger partial charge in [-0.3, -0.25) is 4.90 Å². The van der Waals surface area contributed by atoms with Gasteiger partial charge in [-0.1, -0.05) is 24.1 Å². The summed E-state index contributed by atoms with van der Waals surface area (Å²) in [6.45, 7) is 4.06. The lowest BCUT2D eigenvalue weighted by atomic mass is 9.96. The lowest BCUT2D eigenvalue weighted by Crippen LogP contribution is -2.48. The zero-order valence-electron chi connectivity index (χ0n) is 10.3. The number of rotatable bonds is 3. The summed E-state index contributed by atoms with van der Waals surface area (Å²) in [4.78, 5) is 6.56. The maximum absolute atomic E-state index is 6.10. The van der Waals surface area contributed by atoms with Crippen LogP contribution in [0.15, 0.2) is 18.3 Å². The van der Waals surface area contributed by atoms with E-state index in [4.69, 9.17) is 17.3 Å². The van der Waals surface area contributed by atoms with Crippen LogP contribution in [0, 0.1) is 0 Å². The topological polar surface area (TPSA) is 42.1 Å². The minimum absolute atomic E-state index is 0.214. The van der Waals surface area contributed by atoms with E-state index in [0.717, 1.165) is 18.7 Å². The smallest absolute Gasteiger partial charge is 0.133 e. The first-order chi connectivity index (χ1) is 8.18. The number of hydrogen-bond acceptors (Lipinski definition) is 3. The van der Waals surface area contributed by atoms with Gasteiger partial charge in [0.25, 0.3) is 0 Å². The Bertz CT molecular complexity index is 367. The molecule has 1 saturated heterocycles. The molecule has 2 unspecified atom stereocenters. The van der Waals surface area contributed by atoms with Crippen LogP contribution in [0.25, 0.3) is 0 Å². The van der Waals surface area contributed by atoms with Crippen LogP contribution in [0.4, 0.5) is 0 Å². The molecule has 1 aliphatic rings. The number of nitrogens with two attached hydrogens (primary N) is 1. The summed E-state index contributed by atoms with van der Waals surface area (Å²) in [7, 11) is 0. The van der Waals surface area contributed by atoms with Gasteiger partial charge in [0.05, 0.1) is 0 Å². The summed E-state index contributed by atoms with van der Waals surface area (Å²) in [5.41, 5.74) is 7.16. The van der Waals surface area contributed by atoms with Crippen molar-refractivity contribution in [3.63, 3.8) is 0 Å². The van der Waals surface area contributed by atoms with Crippen LogP contribution in [0.1, 0.15) is 31.7 Å². The molecule has 17 heavy (non-hydrogen) atoms. The minimum Gasteiger partial charge on any atom is -0.327 e. The van der Waals surface area contributed by atoms with Gasteiger partial charge in [-0.05, 0) is 32.4 Å². The van der Waals surface area contributed by atoms with Crippen LogP contribution < -0.4 is 5.73 Å². The Morgan fingerprint density at radius 1 is 1.59 bits per heavy atom. The van der Waals surface area contributed by atoms with Crippen LogP contribution in [-0.2, 0) is 6.54 Å². The van der Waals surface area contributed by atoms with E-state index < -0.39 is 0 Å². The fourth-order valence-corrected chi connectivity index (χ4v) is 2.74. The summed E-state index contributed by atoms with van der Waals surface area (Å²) in [6.07, 6.45) is 5.45. The van der Waals surface area contributed by atoms with Crippen molar-refractivity contribution in [3.8, 4) is 0 Å². The molecule has 0 aromatic carbocycles. The first-order valence-corrected chi connectivity index (χ1v) is 6.65. The molecular weight excluding hydrogens is 234 g/mol. The van der Waals surface area contributed by atoms with Crippen molar-refractivity contribution in [2.24, 2.45) is 5.73 Å². The van der Waals surface area contributed by atoms with Crippen molar-refractivity contribution in [3.05, 3.63) is 29.0 Å². The van der Waals surface area contributed by atoms with E-state index in [1.54, 1.807) is 6.20 Å². The Morgan fingerprint density at radius 2 is 2.41 bits per heavy atom. The SMILES string of the molecule is CC(N)C1CCCCN1Cc1cccnc1Cl. The molecule has 0 aliphatic carbocycles. The Labute approximate surface area is 108 Å². The number of halogens is 1. The van der Waals surface area contributed by atoms with Crippen molar-refractivity contribution < 1.29 is 0 Å². The maximum Gasteiger partial charge on any atom is 0.133 e.